The lowest BCUT2D eigenvalue weighted by Crippen LogP contribution is -2.47. The van der Waals surface area contributed by atoms with Gasteiger partial charge < -0.3 is 9.80 Å². The highest BCUT2D eigenvalue weighted by Crippen LogP contribution is 2.34. The SMILES string of the molecule is CN1CCN(C(=O)c2ccnc(-c3ccc(C4CCCC4)cc3)c2)CC1. The zero-order valence-corrected chi connectivity index (χ0v) is 15.5. The molecule has 0 radical (unpaired) electrons. The number of rotatable bonds is 3. The summed E-state index contributed by atoms with van der Waals surface area (Å²) in [5, 5.41) is 0. The fourth-order valence-corrected chi connectivity index (χ4v) is 4.10. The number of carbonyl (C=O) groups is 1. The van der Waals surface area contributed by atoms with E-state index in [1.807, 2.05) is 17.0 Å². The summed E-state index contributed by atoms with van der Waals surface area (Å²) in [4.78, 5) is 21.5. The van der Waals surface area contributed by atoms with E-state index in [4.69, 9.17) is 0 Å². The Morgan fingerprint density at radius 1 is 1.00 bits per heavy atom. The molecule has 0 spiro atoms. The molecule has 1 aliphatic heterocycles. The van der Waals surface area contributed by atoms with Crippen LogP contribution in [0.5, 0.6) is 0 Å². The van der Waals surface area contributed by atoms with Gasteiger partial charge in [0.15, 0.2) is 0 Å². The number of amides is 1. The Morgan fingerprint density at radius 3 is 2.38 bits per heavy atom. The number of pyridine rings is 1. The lowest BCUT2D eigenvalue weighted by atomic mass is 9.96. The molecule has 0 bridgehead atoms. The summed E-state index contributed by atoms with van der Waals surface area (Å²) in [5.41, 5.74) is 4.14. The smallest absolute Gasteiger partial charge is 0.254 e. The normalized spacial score (nSPS) is 19.0. The number of likely N-dealkylation sites (N-methyl/N-ethyl adjacent to an activating group) is 1. The lowest BCUT2D eigenvalue weighted by molar-refractivity contribution is 0.0664. The van der Waals surface area contributed by atoms with Crippen molar-refractivity contribution in [3.63, 3.8) is 0 Å². The molecule has 136 valence electrons. The molecule has 1 aromatic carbocycles. The predicted molar refractivity (Wildman–Crippen MR) is 104 cm³/mol. The highest BCUT2D eigenvalue weighted by Gasteiger charge is 2.21. The van der Waals surface area contributed by atoms with Crippen molar-refractivity contribution in [2.75, 3.05) is 33.2 Å². The van der Waals surface area contributed by atoms with Crippen molar-refractivity contribution < 1.29 is 4.79 Å². The minimum Gasteiger partial charge on any atom is -0.336 e. The first kappa shape index (κ1) is 17.2. The Bertz CT molecular complexity index is 757. The first-order valence-electron chi connectivity index (χ1n) is 9.75. The van der Waals surface area contributed by atoms with Gasteiger partial charge in [0.25, 0.3) is 5.91 Å². The third-order valence-electron chi connectivity index (χ3n) is 5.83. The summed E-state index contributed by atoms with van der Waals surface area (Å²) in [5.74, 6) is 0.839. The summed E-state index contributed by atoms with van der Waals surface area (Å²) in [7, 11) is 2.10. The van der Waals surface area contributed by atoms with Gasteiger partial charge in [-0.05, 0) is 43.5 Å². The van der Waals surface area contributed by atoms with Crippen molar-refractivity contribution in [3.05, 3.63) is 53.7 Å². The van der Waals surface area contributed by atoms with Crippen molar-refractivity contribution >= 4 is 5.91 Å². The first-order chi connectivity index (χ1) is 12.7. The number of carbonyl (C=O) groups excluding carboxylic acids is 1. The number of benzene rings is 1. The van der Waals surface area contributed by atoms with Crippen LogP contribution in [0.15, 0.2) is 42.6 Å². The molecule has 0 atom stereocenters. The molecule has 26 heavy (non-hydrogen) atoms. The van der Waals surface area contributed by atoms with Gasteiger partial charge in [0, 0.05) is 43.5 Å². The van der Waals surface area contributed by atoms with Gasteiger partial charge in [0.2, 0.25) is 0 Å². The van der Waals surface area contributed by atoms with Crippen LogP contribution in [0.3, 0.4) is 0 Å². The van der Waals surface area contributed by atoms with Crippen LogP contribution in [0, 0.1) is 0 Å². The molecular weight excluding hydrogens is 322 g/mol. The van der Waals surface area contributed by atoms with Crippen LogP contribution >= 0.6 is 0 Å². The minimum absolute atomic E-state index is 0.115. The van der Waals surface area contributed by atoms with Crippen molar-refractivity contribution in [3.8, 4) is 11.3 Å². The van der Waals surface area contributed by atoms with Gasteiger partial charge >= 0.3 is 0 Å². The van der Waals surface area contributed by atoms with Gasteiger partial charge in [0.05, 0.1) is 5.69 Å². The molecule has 4 rings (SSSR count). The maximum absolute atomic E-state index is 12.8. The lowest BCUT2D eigenvalue weighted by Gasteiger charge is -2.32. The molecule has 1 aliphatic carbocycles. The highest BCUT2D eigenvalue weighted by molar-refractivity contribution is 5.95. The highest BCUT2D eigenvalue weighted by atomic mass is 16.2. The summed E-state index contributed by atoms with van der Waals surface area (Å²) < 4.78 is 0. The van der Waals surface area contributed by atoms with Gasteiger partial charge in [-0.15, -0.1) is 0 Å². The van der Waals surface area contributed by atoms with E-state index in [0.717, 1.165) is 48.9 Å². The molecule has 4 heteroatoms. The van der Waals surface area contributed by atoms with Crippen molar-refractivity contribution in [2.45, 2.75) is 31.6 Å². The van der Waals surface area contributed by atoms with E-state index < -0.39 is 0 Å². The van der Waals surface area contributed by atoms with Gasteiger partial charge in [-0.25, -0.2) is 0 Å². The molecule has 0 unspecified atom stereocenters. The molecule has 1 saturated carbocycles. The fourth-order valence-electron chi connectivity index (χ4n) is 4.10. The minimum atomic E-state index is 0.115. The third-order valence-corrected chi connectivity index (χ3v) is 5.83. The molecule has 2 aliphatic rings. The quantitative estimate of drug-likeness (QED) is 0.846. The largest absolute Gasteiger partial charge is 0.336 e. The van der Waals surface area contributed by atoms with E-state index in [2.05, 4.69) is 41.2 Å². The van der Waals surface area contributed by atoms with E-state index in [1.54, 1.807) is 6.20 Å². The van der Waals surface area contributed by atoms with Crippen LogP contribution < -0.4 is 0 Å². The molecular formula is C22H27N3O. The van der Waals surface area contributed by atoms with Gasteiger partial charge in [0.1, 0.15) is 0 Å². The Balaban J connectivity index is 1.51. The zero-order valence-electron chi connectivity index (χ0n) is 15.5. The summed E-state index contributed by atoms with van der Waals surface area (Å²) in [6.45, 7) is 3.46. The van der Waals surface area contributed by atoms with E-state index >= 15 is 0 Å². The van der Waals surface area contributed by atoms with Crippen LogP contribution in [-0.2, 0) is 0 Å². The Kier molecular flexibility index (Phi) is 5.02. The van der Waals surface area contributed by atoms with Crippen LogP contribution in [0.2, 0.25) is 0 Å². The van der Waals surface area contributed by atoms with Crippen LogP contribution in [0.4, 0.5) is 0 Å². The van der Waals surface area contributed by atoms with E-state index in [0.29, 0.717) is 0 Å². The molecule has 2 heterocycles. The standard InChI is InChI=1S/C22H27N3O/c1-24-12-14-25(15-13-24)22(26)20-10-11-23-21(16-20)19-8-6-18(7-9-19)17-4-2-3-5-17/h6-11,16-17H,2-5,12-15H2,1H3. The third kappa shape index (κ3) is 3.65. The Morgan fingerprint density at radius 2 is 1.69 bits per heavy atom. The average Bonchev–Trinajstić information content (AvgIpc) is 3.23. The maximum atomic E-state index is 12.8. The molecule has 0 N–H and O–H groups in total. The monoisotopic (exact) mass is 349 g/mol. The summed E-state index contributed by atoms with van der Waals surface area (Å²) in [6.07, 6.45) is 7.08. The summed E-state index contributed by atoms with van der Waals surface area (Å²) >= 11 is 0. The first-order valence-corrected chi connectivity index (χ1v) is 9.75. The topological polar surface area (TPSA) is 36.4 Å². The molecule has 2 fully saturated rings. The maximum Gasteiger partial charge on any atom is 0.254 e. The Hall–Kier alpha value is -2.20. The number of nitrogens with zero attached hydrogens (tertiary/aromatic N) is 3. The molecule has 1 amide bonds. The van der Waals surface area contributed by atoms with Crippen molar-refractivity contribution in [1.82, 2.24) is 14.8 Å². The second-order valence-electron chi connectivity index (χ2n) is 7.63. The molecule has 1 aromatic heterocycles. The van der Waals surface area contributed by atoms with Crippen molar-refractivity contribution in [2.24, 2.45) is 0 Å². The second-order valence-corrected chi connectivity index (χ2v) is 7.63. The molecule has 1 saturated heterocycles. The Labute approximate surface area is 155 Å². The van der Waals surface area contributed by atoms with Gasteiger partial charge in [-0.1, -0.05) is 37.1 Å². The number of piperazine rings is 1. The summed E-state index contributed by atoms with van der Waals surface area (Å²) in [6, 6.07) is 12.5. The predicted octanol–water partition coefficient (Wildman–Crippen LogP) is 3.79. The number of aromatic nitrogens is 1. The van der Waals surface area contributed by atoms with Gasteiger partial charge in [-0.3, -0.25) is 9.78 Å². The van der Waals surface area contributed by atoms with E-state index in [9.17, 15) is 4.79 Å². The van der Waals surface area contributed by atoms with Gasteiger partial charge in [-0.2, -0.15) is 0 Å². The van der Waals surface area contributed by atoms with E-state index in [-0.39, 0.29) is 5.91 Å². The van der Waals surface area contributed by atoms with Crippen LogP contribution in [-0.4, -0.2) is 53.9 Å². The molecule has 4 nitrogen and oxygen atoms in total. The van der Waals surface area contributed by atoms with Crippen LogP contribution in [0.1, 0.15) is 47.5 Å². The number of hydrogen-bond donors (Lipinski definition) is 0. The van der Waals surface area contributed by atoms with Crippen LogP contribution in [0.25, 0.3) is 11.3 Å². The number of hydrogen-bond acceptors (Lipinski definition) is 3. The average molecular weight is 349 g/mol. The van der Waals surface area contributed by atoms with E-state index in [1.165, 1.54) is 31.2 Å². The zero-order chi connectivity index (χ0) is 17.9. The van der Waals surface area contributed by atoms with Crippen molar-refractivity contribution in [1.29, 1.82) is 0 Å². The fraction of sp³-hybridized carbons (Fsp3) is 0.455. The second kappa shape index (κ2) is 7.58. The molecule has 2 aromatic rings.